The van der Waals surface area contributed by atoms with Gasteiger partial charge in [-0.3, -0.25) is 4.68 Å². The minimum Gasteiger partial charge on any atom is -0.305 e. The zero-order valence-electron chi connectivity index (χ0n) is 12.0. The van der Waals surface area contributed by atoms with Crippen molar-refractivity contribution in [3.8, 4) is 0 Å². The van der Waals surface area contributed by atoms with Crippen molar-refractivity contribution in [2.45, 2.75) is 32.9 Å². The second kappa shape index (κ2) is 7.50. The fourth-order valence-corrected chi connectivity index (χ4v) is 3.02. The van der Waals surface area contributed by atoms with Crippen LogP contribution in [0.2, 0.25) is 15.1 Å². The highest BCUT2D eigenvalue weighted by atomic mass is 35.5. The first-order chi connectivity index (χ1) is 10.1. The minimum atomic E-state index is -0.136. The smallest absolute Gasteiger partial charge is 0.0837 e. The molecule has 114 valence electrons. The number of nitrogens with one attached hydrogen (secondary N) is 1. The Kier molecular flexibility index (Phi) is 5.94. The molecule has 0 saturated carbocycles. The molecule has 1 unspecified atom stereocenters. The summed E-state index contributed by atoms with van der Waals surface area (Å²) in [4.78, 5) is 0. The number of aromatic nitrogens is 2. The summed E-state index contributed by atoms with van der Waals surface area (Å²) < 4.78 is 1.92. The zero-order valence-corrected chi connectivity index (χ0v) is 14.3. The molecule has 1 heterocycles. The Bertz CT molecular complexity index is 610. The lowest BCUT2D eigenvalue weighted by Crippen LogP contribution is -2.25. The molecule has 0 amide bonds. The van der Waals surface area contributed by atoms with Crippen molar-refractivity contribution < 1.29 is 0 Å². The monoisotopic (exact) mass is 345 g/mol. The predicted octanol–water partition coefficient (Wildman–Crippen LogP) is 4.95. The summed E-state index contributed by atoms with van der Waals surface area (Å²) in [6, 6.07) is 5.49. The van der Waals surface area contributed by atoms with Gasteiger partial charge in [0, 0.05) is 6.54 Å². The largest absolute Gasteiger partial charge is 0.305 e. The highest BCUT2D eigenvalue weighted by Crippen LogP contribution is 2.35. The summed E-state index contributed by atoms with van der Waals surface area (Å²) in [5.74, 6) is 0. The molecule has 0 bridgehead atoms. The highest BCUT2D eigenvalue weighted by molar-refractivity contribution is 6.42. The van der Waals surface area contributed by atoms with Gasteiger partial charge in [0.1, 0.15) is 0 Å². The summed E-state index contributed by atoms with van der Waals surface area (Å²) in [5, 5.41) is 9.49. The zero-order chi connectivity index (χ0) is 15.4. The topological polar surface area (TPSA) is 29.9 Å². The second-order valence-electron chi connectivity index (χ2n) is 4.73. The fourth-order valence-electron chi connectivity index (χ4n) is 2.35. The lowest BCUT2D eigenvalue weighted by Gasteiger charge is -2.22. The number of nitrogens with zero attached hydrogens (tertiary/aromatic N) is 2. The maximum Gasteiger partial charge on any atom is 0.0837 e. The van der Waals surface area contributed by atoms with Crippen molar-refractivity contribution in [3.05, 3.63) is 50.7 Å². The third-order valence-corrected chi connectivity index (χ3v) is 4.37. The molecular weight excluding hydrogens is 329 g/mol. The molecule has 0 spiro atoms. The number of hydrogen-bond acceptors (Lipinski definition) is 2. The van der Waals surface area contributed by atoms with Gasteiger partial charge in [-0.25, -0.2) is 0 Å². The van der Waals surface area contributed by atoms with Gasteiger partial charge in [-0.2, -0.15) is 5.10 Å². The Morgan fingerprint density at radius 2 is 1.95 bits per heavy atom. The molecule has 0 fully saturated rings. The summed E-state index contributed by atoms with van der Waals surface area (Å²) in [7, 11) is 0. The molecule has 2 aromatic rings. The molecule has 0 aliphatic heterocycles. The maximum absolute atomic E-state index is 6.38. The molecule has 2 rings (SSSR count). The van der Waals surface area contributed by atoms with Crippen LogP contribution < -0.4 is 5.32 Å². The predicted molar refractivity (Wildman–Crippen MR) is 89.5 cm³/mol. The highest BCUT2D eigenvalue weighted by Gasteiger charge is 2.24. The van der Waals surface area contributed by atoms with Gasteiger partial charge >= 0.3 is 0 Å². The number of benzene rings is 1. The van der Waals surface area contributed by atoms with Gasteiger partial charge in [0.25, 0.3) is 0 Å². The Hall–Kier alpha value is -0.740. The van der Waals surface area contributed by atoms with E-state index in [0.717, 1.165) is 30.8 Å². The van der Waals surface area contributed by atoms with Crippen molar-refractivity contribution in [2.24, 2.45) is 0 Å². The van der Waals surface area contributed by atoms with Crippen LogP contribution in [-0.4, -0.2) is 16.3 Å². The Balaban J connectivity index is 2.53. The van der Waals surface area contributed by atoms with Crippen molar-refractivity contribution in [2.75, 3.05) is 6.54 Å². The van der Waals surface area contributed by atoms with Crippen LogP contribution in [0, 0.1) is 0 Å². The van der Waals surface area contributed by atoms with E-state index in [-0.39, 0.29) is 6.04 Å². The summed E-state index contributed by atoms with van der Waals surface area (Å²) in [5.41, 5.74) is 1.83. The van der Waals surface area contributed by atoms with Crippen LogP contribution in [0.5, 0.6) is 0 Å². The Morgan fingerprint density at radius 3 is 2.62 bits per heavy atom. The lowest BCUT2D eigenvalue weighted by molar-refractivity contribution is 0.520. The van der Waals surface area contributed by atoms with Crippen molar-refractivity contribution in [3.63, 3.8) is 0 Å². The third-order valence-electron chi connectivity index (χ3n) is 3.24. The summed E-state index contributed by atoms with van der Waals surface area (Å²) >= 11 is 18.9. The normalized spacial score (nSPS) is 12.6. The second-order valence-corrected chi connectivity index (χ2v) is 5.93. The average molecular weight is 347 g/mol. The van der Waals surface area contributed by atoms with E-state index in [1.807, 2.05) is 23.7 Å². The molecule has 1 atom stereocenters. The van der Waals surface area contributed by atoms with Gasteiger partial charge in [0.2, 0.25) is 0 Å². The number of aryl methyl sites for hydroxylation is 1. The number of hydrogen-bond donors (Lipinski definition) is 1. The molecule has 6 heteroatoms. The molecular formula is C15H18Cl3N3. The Labute approximate surface area is 140 Å². The molecule has 0 radical (unpaired) electrons. The van der Waals surface area contributed by atoms with Crippen LogP contribution in [0.25, 0.3) is 0 Å². The van der Waals surface area contributed by atoms with Gasteiger partial charge in [0.05, 0.1) is 33.0 Å². The molecule has 1 N–H and O–H groups in total. The van der Waals surface area contributed by atoms with E-state index in [2.05, 4.69) is 17.3 Å². The maximum atomic E-state index is 6.38. The van der Waals surface area contributed by atoms with Gasteiger partial charge in [-0.1, -0.05) is 60.8 Å². The molecule has 0 aliphatic rings. The van der Waals surface area contributed by atoms with Crippen molar-refractivity contribution in [1.82, 2.24) is 15.1 Å². The number of halogens is 3. The van der Waals surface area contributed by atoms with E-state index in [1.165, 1.54) is 0 Å². The molecule has 21 heavy (non-hydrogen) atoms. The van der Waals surface area contributed by atoms with Crippen LogP contribution >= 0.6 is 34.8 Å². The summed E-state index contributed by atoms with van der Waals surface area (Å²) in [6.07, 6.45) is 2.66. The first-order valence-electron chi connectivity index (χ1n) is 6.98. The van der Waals surface area contributed by atoms with E-state index in [0.29, 0.717) is 15.1 Å². The first-order valence-corrected chi connectivity index (χ1v) is 8.12. The van der Waals surface area contributed by atoms with E-state index >= 15 is 0 Å². The minimum absolute atomic E-state index is 0.136. The van der Waals surface area contributed by atoms with Crippen LogP contribution in [0.4, 0.5) is 0 Å². The Morgan fingerprint density at radius 1 is 1.19 bits per heavy atom. The molecule has 0 aliphatic carbocycles. The van der Waals surface area contributed by atoms with E-state index in [4.69, 9.17) is 34.8 Å². The van der Waals surface area contributed by atoms with Crippen LogP contribution in [0.3, 0.4) is 0 Å². The standard InChI is InChI=1S/C15H18Cl3N3/c1-3-8-21-15(12(17)9-20-21)14(19-4-2)10-6-5-7-11(16)13(10)18/h5-7,9,14,19H,3-4,8H2,1-2H3. The van der Waals surface area contributed by atoms with Crippen LogP contribution in [0.15, 0.2) is 24.4 Å². The molecule has 1 aromatic heterocycles. The first kappa shape index (κ1) is 16.6. The van der Waals surface area contributed by atoms with Crippen molar-refractivity contribution >= 4 is 34.8 Å². The SMILES string of the molecule is CCCn1ncc(Cl)c1C(NCC)c1cccc(Cl)c1Cl. The third kappa shape index (κ3) is 3.54. The van der Waals surface area contributed by atoms with E-state index in [1.54, 1.807) is 12.3 Å². The lowest BCUT2D eigenvalue weighted by atomic mass is 10.0. The van der Waals surface area contributed by atoms with Crippen LogP contribution in [-0.2, 0) is 6.54 Å². The van der Waals surface area contributed by atoms with Gasteiger partial charge in [0.15, 0.2) is 0 Å². The van der Waals surface area contributed by atoms with E-state index < -0.39 is 0 Å². The van der Waals surface area contributed by atoms with Gasteiger partial charge < -0.3 is 5.32 Å². The summed E-state index contributed by atoms with van der Waals surface area (Å²) in [6.45, 7) is 5.73. The molecule has 3 nitrogen and oxygen atoms in total. The quantitative estimate of drug-likeness (QED) is 0.802. The average Bonchev–Trinajstić information content (AvgIpc) is 2.81. The molecule has 0 saturated heterocycles. The van der Waals surface area contributed by atoms with Gasteiger partial charge in [-0.05, 0) is 24.6 Å². The molecule has 1 aromatic carbocycles. The van der Waals surface area contributed by atoms with Gasteiger partial charge in [-0.15, -0.1) is 0 Å². The number of rotatable bonds is 6. The van der Waals surface area contributed by atoms with Crippen LogP contribution in [0.1, 0.15) is 37.6 Å². The van der Waals surface area contributed by atoms with E-state index in [9.17, 15) is 0 Å². The fraction of sp³-hybridized carbons (Fsp3) is 0.400. The van der Waals surface area contributed by atoms with Crippen molar-refractivity contribution in [1.29, 1.82) is 0 Å².